The van der Waals surface area contributed by atoms with Gasteiger partial charge >= 0.3 is 6.18 Å². The highest BCUT2D eigenvalue weighted by molar-refractivity contribution is 6.31. The SMILES string of the molecule is O=C(Nc1ccc(Cl)cc1N1CCN(CCC(F)(F)F)CC1)c1ccc(CNC(=O)C2COCCN2CCO)c(F)c1F. The number of carbonyl (C=O) groups excluding carboxylic acids is 2. The average Bonchev–Trinajstić information content (AvgIpc) is 2.98. The summed E-state index contributed by atoms with van der Waals surface area (Å²) in [6.45, 7) is 2.09. The van der Waals surface area contributed by atoms with E-state index in [1.807, 2.05) is 4.90 Å². The highest BCUT2D eigenvalue weighted by Gasteiger charge is 2.31. The van der Waals surface area contributed by atoms with Gasteiger partial charge in [0.15, 0.2) is 11.6 Å². The largest absolute Gasteiger partial charge is 0.395 e. The molecule has 4 rings (SSSR count). The van der Waals surface area contributed by atoms with Crippen molar-refractivity contribution in [1.82, 2.24) is 15.1 Å². The number of nitrogens with zero attached hydrogens (tertiary/aromatic N) is 3. The van der Waals surface area contributed by atoms with E-state index < -0.39 is 47.7 Å². The average molecular weight is 634 g/mol. The number of amides is 2. The molecule has 0 saturated carbocycles. The summed E-state index contributed by atoms with van der Waals surface area (Å²) in [4.78, 5) is 31.0. The third-order valence-corrected chi connectivity index (χ3v) is 7.66. The lowest BCUT2D eigenvalue weighted by molar-refractivity contribution is -0.138. The molecule has 2 fully saturated rings. The molecule has 15 heteroatoms. The number of halogens is 6. The molecule has 0 bridgehead atoms. The standard InChI is InChI=1S/C28H33ClF5N5O4/c29-19-2-4-21(22(15-19)38-9-7-37(8-10-38)6-5-28(32,33)34)36-26(41)20-3-1-18(24(30)25(20)31)16-35-27(42)23-17-43-14-12-39(23)11-13-40/h1-4,15,23,40H,5-14,16-17H2,(H,35,42)(H,36,41). The summed E-state index contributed by atoms with van der Waals surface area (Å²) in [5.41, 5.74) is 0.0542. The molecule has 2 aromatic rings. The van der Waals surface area contributed by atoms with Crippen LogP contribution in [0.2, 0.25) is 5.02 Å². The zero-order valence-corrected chi connectivity index (χ0v) is 24.0. The lowest BCUT2D eigenvalue weighted by atomic mass is 10.1. The minimum absolute atomic E-state index is 0.0994. The fourth-order valence-electron chi connectivity index (χ4n) is 5.04. The molecule has 236 valence electrons. The van der Waals surface area contributed by atoms with Crippen molar-refractivity contribution < 1.29 is 41.4 Å². The van der Waals surface area contributed by atoms with Crippen LogP contribution in [0.3, 0.4) is 0 Å². The first-order valence-corrected chi connectivity index (χ1v) is 14.2. The number of rotatable bonds is 10. The molecule has 2 heterocycles. The maximum Gasteiger partial charge on any atom is 0.390 e. The van der Waals surface area contributed by atoms with Crippen molar-refractivity contribution in [1.29, 1.82) is 0 Å². The van der Waals surface area contributed by atoms with Gasteiger partial charge in [0, 0.05) is 62.9 Å². The number of β-amino-alcohol motifs (C(OH)–C–C–N with tert-alkyl or cyclic N) is 1. The number of hydrogen-bond acceptors (Lipinski definition) is 7. The number of anilines is 2. The summed E-state index contributed by atoms with van der Waals surface area (Å²) in [7, 11) is 0. The van der Waals surface area contributed by atoms with E-state index in [4.69, 9.17) is 16.3 Å². The molecule has 0 radical (unpaired) electrons. The molecule has 2 amide bonds. The van der Waals surface area contributed by atoms with Crippen molar-refractivity contribution in [3.05, 3.63) is 58.1 Å². The Kier molecular flexibility index (Phi) is 11.2. The Hall–Kier alpha value is -3.04. The maximum atomic E-state index is 15.1. The summed E-state index contributed by atoms with van der Waals surface area (Å²) in [6.07, 6.45) is -5.15. The monoisotopic (exact) mass is 633 g/mol. The van der Waals surface area contributed by atoms with Gasteiger partial charge in [-0.3, -0.25) is 19.4 Å². The van der Waals surface area contributed by atoms with Crippen LogP contribution in [0.4, 0.5) is 33.3 Å². The number of aliphatic hydroxyl groups excluding tert-OH is 1. The Labute approximate surface area is 250 Å². The number of alkyl halides is 3. The fraction of sp³-hybridized carbons (Fsp3) is 0.500. The summed E-state index contributed by atoms with van der Waals surface area (Å²) in [5, 5.41) is 14.7. The number of piperazine rings is 1. The molecule has 0 spiro atoms. The van der Waals surface area contributed by atoms with Gasteiger partial charge in [-0.15, -0.1) is 0 Å². The first-order chi connectivity index (χ1) is 20.5. The van der Waals surface area contributed by atoms with Gasteiger partial charge in [0.2, 0.25) is 5.91 Å². The molecule has 1 atom stereocenters. The number of nitrogens with one attached hydrogen (secondary N) is 2. The van der Waals surface area contributed by atoms with E-state index in [1.165, 1.54) is 18.2 Å². The highest BCUT2D eigenvalue weighted by atomic mass is 35.5. The molecule has 0 aromatic heterocycles. The van der Waals surface area contributed by atoms with Gasteiger partial charge in [0.05, 0.1) is 43.2 Å². The van der Waals surface area contributed by atoms with Crippen LogP contribution < -0.4 is 15.5 Å². The first kappa shape index (κ1) is 32.9. The van der Waals surface area contributed by atoms with E-state index in [2.05, 4.69) is 10.6 Å². The first-order valence-electron chi connectivity index (χ1n) is 13.8. The Morgan fingerprint density at radius 1 is 1.02 bits per heavy atom. The minimum Gasteiger partial charge on any atom is -0.395 e. The van der Waals surface area contributed by atoms with E-state index in [0.717, 1.165) is 6.07 Å². The number of hydrogen-bond donors (Lipinski definition) is 3. The van der Waals surface area contributed by atoms with Crippen molar-refractivity contribution in [2.75, 3.05) is 75.9 Å². The van der Waals surface area contributed by atoms with Crippen LogP contribution in [0.1, 0.15) is 22.3 Å². The molecular formula is C28H33ClF5N5O4. The van der Waals surface area contributed by atoms with Gasteiger partial charge in [-0.2, -0.15) is 13.2 Å². The lowest BCUT2D eigenvalue weighted by Crippen LogP contribution is -2.54. The second-order valence-electron chi connectivity index (χ2n) is 10.3. The predicted octanol–water partition coefficient (Wildman–Crippen LogP) is 3.25. The van der Waals surface area contributed by atoms with Crippen molar-refractivity contribution in [2.24, 2.45) is 0 Å². The van der Waals surface area contributed by atoms with Gasteiger partial charge in [0.25, 0.3) is 5.91 Å². The van der Waals surface area contributed by atoms with E-state index in [9.17, 15) is 32.3 Å². The van der Waals surface area contributed by atoms with E-state index in [0.29, 0.717) is 50.0 Å². The van der Waals surface area contributed by atoms with Gasteiger partial charge in [-0.05, 0) is 24.3 Å². The maximum absolute atomic E-state index is 15.1. The summed E-state index contributed by atoms with van der Waals surface area (Å²) >= 11 is 6.17. The highest BCUT2D eigenvalue weighted by Crippen LogP contribution is 2.31. The van der Waals surface area contributed by atoms with E-state index in [1.54, 1.807) is 15.9 Å². The molecular weight excluding hydrogens is 601 g/mol. The molecule has 2 saturated heterocycles. The van der Waals surface area contributed by atoms with Gasteiger partial charge in [-0.25, -0.2) is 8.78 Å². The zero-order valence-electron chi connectivity index (χ0n) is 23.2. The van der Waals surface area contributed by atoms with Crippen molar-refractivity contribution >= 4 is 34.8 Å². The van der Waals surface area contributed by atoms with Gasteiger partial charge < -0.3 is 25.4 Å². The van der Waals surface area contributed by atoms with Crippen LogP contribution in [0, 0.1) is 11.6 Å². The summed E-state index contributed by atoms with van der Waals surface area (Å²) in [5.74, 6) is -4.06. The number of aliphatic hydroxyl groups is 1. The molecule has 2 aromatic carbocycles. The lowest BCUT2D eigenvalue weighted by Gasteiger charge is -2.37. The minimum atomic E-state index is -4.24. The molecule has 2 aliphatic rings. The molecule has 9 nitrogen and oxygen atoms in total. The zero-order chi connectivity index (χ0) is 31.1. The van der Waals surface area contributed by atoms with Crippen LogP contribution in [-0.4, -0.2) is 105 Å². The van der Waals surface area contributed by atoms with Crippen LogP contribution in [-0.2, 0) is 16.1 Å². The third kappa shape index (κ3) is 8.76. The number of carbonyl (C=O) groups is 2. The van der Waals surface area contributed by atoms with Crippen molar-refractivity contribution in [3.63, 3.8) is 0 Å². The molecule has 0 aliphatic carbocycles. The second-order valence-corrected chi connectivity index (χ2v) is 10.7. The van der Waals surface area contributed by atoms with E-state index in [-0.39, 0.29) is 44.1 Å². The van der Waals surface area contributed by atoms with Crippen LogP contribution in [0.25, 0.3) is 0 Å². The Balaban J connectivity index is 1.40. The summed E-state index contributed by atoms with van der Waals surface area (Å²) < 4.78 is 73.1. The quantitative estimate of drug-likeness (QED) is 0.346. The number of benzene rings is 2. The normalized spacial score (nSPS) is 18.5. The predicted molar refractivity (Wildman–Crippen MR) is 150 cm³/mol. The molecule has 43 heavy (non-hydrogen) atoms. The smallest absolute Gasteiger partial charge is 0.390 e. The Bertz CT molecular complexity index is 1290. The van der Waals surface area contributed by atoms with Crippen LogP contribution in [0.15, 0.2) is 30.3 Å². The molecule has 3 N–H and O–H groups in total. The fourth-order valence-corrected chi connectivity index (χ4v) is 5.20. The van der Waals surface area contributed by atoms with Crippen molar-refractivity contribution in [2.45, 2.75) is 25.2 Å². The van der Waals surface area contributed by atoms with Crippen molar-refractivity contribution in [3.8, 4) is 0 Å². The topological polar surface area (TPSA) is 97.4 Å². The Morgan fingerprint density at radius 2 is 1.77 bits per heavy atom. The molecule has 1 unspecified atom stereocenters. The second kappa shape index (κ2) is 14.6. The number of morpholine rings is 1. The Morgan fingerprint density at radius 3 is 2.47 bits per heavy atom. The number of ether oxygens (including phenoxy) is 1. The van der Waals surface area contributed by atoms with E-state index >= 15 is 4.39 Å². The summed E-state index contributed by atoms with van der Waals surface area (Å²) in [6, 6.07) is 6.26. The van der Waals surface area contributed by atoms with Crippen LogP contribution in [0.5, 0.6) is 0 Å². The van der Waals surface area contributed by atoms with Gasteiger partial charge in [-0.1, -0.05) is 17.7 Å². The third-order valence-electron chi connectivity index (χ3n) is 7.42. The van der Waals surface area contributed by atoms with Crippen LogP contribution >= 0.6 is 11.6 Å². The van der Waals surface area contributed by atoms with Gasteiger partial charge in [0.1, 0.15) is 6.04 Å². The molecule has 2 aliphatic heterocycles.